The maximum atomic E-state index is 9.71. The monoisotopic (exact) mass is 320 g/mol. The molecule has 2 aromatic rings. The van der Waals surface area contributed by atoms with Gasteiger partial charge >= 0.3 is 0 Å². The van der Waals surface area contributed by atoms with Crippen LogP contribution >= 0.6 is 0 Å². The lowest BCUT2D eigenvalue weighted by atomic mass is 9.93. The number of hydrogen-bond acceptors (Lipinski definition) is 3. The molecule has 124 valence electrons. The van der Waals surface area contributed by atoms with Crippen LogP contribution in [0.4, 0.5) is 0 Å². The van der Waals surface area contributed by atoms with Crippen molar-refractivity contribution in [2.75, 3.05) is 13.1 Å². The smallest absolute Gasteiger partial charge is 0.0991 e. The van der Waals surface area contributed by atoms with Crippen LogP contribution in [0.5, 0.6) is 0 Å². The summed E-state index contributed by atoms with van der Waals surface area (Å²) in [6, 6.07) is 19.9. The summed E-state index contributed by atoms with van der Waals surface area (Å²) in [7, 11) is 0. The van der Waals surface area contributed by atoms with E-state index in [1.54, 1.807) is 0 Å². The van der Waals surface area contributed by atoms with E-state index in [9.17, 15) is 5.11 Å². The second-order valence-corrected chi connectivity index (χ2v) is 5.99. The Bertz CT molecular complexity index is 669. The largest absolute Gasteiger partial charge is 0.393 e. The molecule has 24 heavy (non-hydrogen) atoms. The Morgan fingerprint density at radius 2 is 1.83 bits per heavy atom. The second-order valence-electron chi connectivity index (χ2n) is 5.99. The van der Waals surface area contributed by atoms with Gasteiger partial charge in [0, 0.05) is 13.1 Å². The fraction of sp³-hybridized carbons (Fsp3) is 0.286. The van der Waals surface area contributed by atoms with Crippen LogP contribution in [0.3, 0.4) is 0 Å². The minimum atomic E-state index is -0.314. The summed E-state index contributed by atoms with van der Waals surface area (Å²) in [5.74, 6) is 0.300. The molecule has 0 saturated heterocycles. The molecule has 0 bridgehead atoms. The molecule has 0 fully saturated rings. The van der Waals surface area contributed by atoms with Gasteiger partial charge in [-0.05, 0) is 42.5 Å². The molecular formula is C21H24N2O. The molecule has 0 aliphatic heterocycles. The molecule has 0 aliphatic carbocycles. The molecule has 2 N–H and O–H groups in total. The van der Waals surface area contributed by atoms with Crippen LogP contribution in [0.1, 0.15) is 36.0 Å². The van der Waals surface area contributed by atoms with E-state index in [2.05, 4.69) is 29.6 Å². The van der Waals surface area contributed by atoms with Crippen molar-refractivity contribution in [1.82, 2.24) is 5.32 Å². The Hall–Kier alpha value is -2.41. The molecule has 2 unspecified atom stereocenters. The van der Waals surface area contributed by atoms with Crippen molar-refractivity contribution in [3.63, 3.8) is 0 Å². The normalized spacial score (nSPS) is 13.5. The standard InChI is InChI=1S/C21H24N2O/c1-17(24)14-21(20-7-3-2-4-8-20)16-23-13-5-6-18-9-11-19(15-22)12-10-18/h2-12,17,21,23-24H,13-14,16H2,1H3/b6-5+. The van der Waals surface area contributed by atoms with Gasteiger partial charge in [0.25, 0.3) is 0 Å². The zero-order valence-corrected chi connectivity index (χ0v) is 14.0. The van der Waals surface area contributed by atoms with Crippen LogP contribution in [-0.2, 0) is 0 Å². The molecule has 2 rings (SSSR count). The minimum Gasteiger partial charge on any atom is -0.393 e. The lowest BCUT2D eigenvalue weighted by Gasteiger charge is -2.19. The number of rotatable bonds is 8. The van der Waals surface area contributed by atoms with Gasteiger partial charge in [-0.1, -0.05) is 54.6 Å². The van der Waals surface area contributed by atoms with Crippen LogP contribution in [0, 0.1) is 11.3 Å². The second kappa shape index (κ2) is 9.67. The Morgan fingerprint density at radius 1 is 1.12 bits per heavy atom. The summed E-state index contributed by atoms with van der Waals surface area (Å²) in [5.41, 5.74) is 3.01. The maximum absolute atomic E-state index is 9.71. The third kappa shape index (κ3) is 6.00. The Labute approximate surface area is 144 Å². The zero-order valence-electron chi connectivity index (χ0n) is 14.0. The molecule has 2 atom stereocenters. The molecule has 3 nitrogen and oxygen atoms in total. The van der Waals surface area contributed by atoms with Crippen molar-refractivity contribution in [2.24, 2.45) is 0 Å². The van der Waals surface area contributed by atoms with Crippen LogP contribution in [0.2, 0.25) is 0 Å². The Morgan fingerprint density at radius 3 is 2.46 bits per heavy atom. The molecule has 0 aliphatic rings. The van der Waals surface area contributed by atoms with Gasteiger partial charge in [-0.15, -0.1) is 0 Å². The van der Waals surface area contributed by atoms with Crippen molar-refractivity contribution in [3.05, 3.63) is 77.4 Å². The van der Waals surface area contributed by atoms with E-state index in [0.717, 1.165) is 25.1 Å². The lowest BCUT2D eigenvalue weighted by molar-refractivity contribution is 0.173. The Kier molecular flexibility index (Phi) is 7.22. The first-order valence-corrected chi connectivity index (χ1v) is 8.29. The number of benzene rings is 2. The minimum absolute atomic E-state index is 0.300. The fourth-order valence-corrected chi connectivity index (χ4v) is 2.68. The highest BCUT2D eigenvalue weighted by Gasteiger charge is 2.13. The predicted octanol–water partition coefficient (Wildman–Crippen LogP) is 3.72. The highest BCUT2D eigenvalue weighted by atomic mass is 16.3. The van der Waals surface area contributed by atoms with E-state index < -0.39 is 0 Å². The first-order valence-electron chi connectivity index (χ1n) is 8.29. The average Bonchev–Trinajstić information content (AvgIpc) is 2.61. The average molecular weight is 320 g/mol. The van der Waals surface area contributed by atoms with E-state index in [0.29, 0.717) is 11.5 Å². The third-order valence-corrected chi connectivity index (χ3v) is 3.90. The first-order chi connectivity index (χ1) is 11.7. The van der Waals surface area contributed by atoms with E-state index in [-0.39, 0.29) is 6.10 Å². The van der Waals surface area contributed by atoms with Crippen LogP contribution < -0.4 is 5.32 Å². The van der Waals surface area contributed by atoms with Gasteiger partial charge in [-0.25, -0.2) is 0 Å². The molecular weight excluding hydrogens is 296 g/mol. The van der Waals surface area contributed by atoms with Crippen LogP contribution in [-0.4, -0.2) is 24.3 Å². The number of aliphatic hydroxyl groups is 1. The van der Waals surface area contributed by atoms with Gasteiger partial charge in [0.15, 0.2) is 0 Å². The topological polar surface area (TPSA) is 56.0 Å². The van der Waals surface area contributed by atoms with Crippen molar-refractivity contribution >= 4 is 6.08 Å². The third-order valence-electron chi connectivity index (χ3n) is 3.90. The van der Waals surface area contributed by atoms with Crippen molar-refractivity contribution in [1.29, 1.82) is 5.26 Å². The summed E-state index contributed by atoms with van der Waals surface area (Å²) in [6.45, 7) is 3.43. The number of nitriles is 1. The number of nitrogens with zero attached hydrogens (tertiary/aromatic N) is 1. The van der Waals surface area contributed by atoms with Gasteiger partial charge < -0.3 is 10.4 Å². The molecule has 0 heterocycles. The van der Waals surface area contributed by atoms with Crippen LogP contribution in [0.15, 0.2) is 60.7 Å². The van der Waals surface area contributed by atoms with Crippen molar-refractivity contribution in [3.8, 4) is 6.07 Å². The fourth-order valence-electron chi connectivity index (χ4n) is 2.68. The van der Waals surface area contributed by atoms with Gasteiger partial charge in [-0.3, -0.25) is 0 Å². The summed E-state index contributed by atoms with van der Waals surface area (Å²) in [6.07, 6.45) is 4.55. The summed E-state index contributed by atoms with van der Waals surface area (Å²) in [4.78, 5) is 0. The quantitative estimate of drug-likeness (QED) is 0.729. The van der Waals surface area contributed by atoms with Crippen molar-refractivity contribution in [2.45, 2.75) is 25.4 Å². The predicted molar refractivity (Wildman–Crippen MR) is 98.5 cm³/mol. The van der Waals surface area contributed by atoms with E-state index in [1.165, 1.54) is 5.56 Å². The van der Waals surface area contributed by atoms with E-state index in [4.69, 9.17) is 5.26 Å². The maximum Gasteiger partial charge on any atom is 0.0991 e. The molecule has 0 spiro atoms. The SMILES string of the molecule is CC(O)CC(CNC/C=C/c1ccc(C#N)cc1)c1ccccc1. The number of aliphatic hydroxyl groups excluding tert-OH is 1. The molecule has 0 aromatic heterocycles. The van der Waals surface area contributed by atoms with Crippen LogP contribution in [0.25, 0.3) is 6.08 Å². The summed E-state index contributed by atoms with van der Waals surface area (Å²) in [5, 5.41) is 21.9. The highest BCUT2D eigenvalue weighted by Crippen LogP contribution is 2.20. The lowest BCUT2D eigenvalue weighted by Crippen LogP contribution is -2.24. The van der Waals surface area contributed by atoms with E-state index in [1.807, 2.05) is 55.5 Å². The highest BCUT2D eigenvalue weighted by molar-refractivity contribution is 5.51. The molecule has 3 heteroatoms. The summed E-state index contributed by atoms with van der Waals surface area (Å²) >= 11 is 0. The van der Waals surface area contributed by atoms with Gasteiger partial charge in [0.2, 0.25) is 0 Å². The van der Waals surface area contributed by atoms with Gasteiger partial charge in [0.05, 0.1) is 17.7 Å². The zero-order chi connectivity index (χ0) is 17.2. The molecule has 0 radical (unpaired) electrons. The number of nitrogens with one attached hydrogen (secondary N) is 1. The van der Waals surface area contributed by atoms with Gasteiger partial charge in [0.1, 0.15) is 0 Å². The van der Waals surface area contributed by atoms with Gasteiger partial charge in [-0.2, -0.15) is 5.26 Å². The summed E-state index contributed by atoms with van der Waals surface area (Å²) < 4.78 is 0. The molecule has 0 amide bonds. The van der Waals surface area contributed by atoms with E-state index >= 15 is 0 Å². The van der Waals surface area contributed by atoms with Crippen molar-refractivity contribution < 1.29 is 5.11 Å². The Balaban J connectivity index is 1.83. The molecule has 2 aromatic carbocycles. The molecule has 0 saturated carbocycles. The first kappa shape index (κ1) is 17.9. The number of hydrogen-bond donors (Lipinski definition) is 2.